The molecular formula is C7H6I3OTi. The van der Waals surface area contributed by atoms with Gasteiger partial charge in [0.05, 0.1) is 0 Å². The Kier molecular flexibility index (Phi) is 8.67. The molecule has 65 valence electrons. The summed E-state index contributed by atoms with van der Waals surface area (Å²) in [6.45, 7) is 0. The van der Waals surface area contributed by atoms with E-state index in [9.17, 15) is 5.11 Å². The molecule has 0 radical (unpaired) electrons. The maximum atomic E-state index is 9.46. The number of hydrogen-bond acceptors (Lipinski definition) is 1. The molecule has 0 saturated heterocycles. The van der Waals surface area contributed by atoms with Crippen molar-refractivity contribution in [1.82, 2.24) is 0 Å². The Balaban J connectivity index is 0.000000561. The van der Waals surface area contributed by atoms with E-state index in [1.807, 2.05) is 92.2 Å². The van der Waals surface area contributed by atoms with Gasteiger partial charge in [0, 0.05) is 5.56 Å². The summed E-state index contributed by atoms with van der Waals surface area (Å²) in [7, 11) is 0. The molecule has 0 saturated carbocycles. The van der Waals surface area contributed by atoms with E-state index in [1.165, 1.54) is 0 Å². The SMILES string of the molecule is OC(I)(I)c1ccccc1.[Ti][I]. The van der Waals surface area contributed by atoms with Crippen molar-refractivity contribution >= 4 is 64.4 Å². The number of rotatable bonds is 1. The third-order valence-electron chi connectivity index (χ3n) is 1.12. The Morgan fingerprint density at radius 2 is 1.50 bits per heavy atom. The van der Waals surface area contributed by atoms with Crippen LogP contribution >= 0.6 is 64.4 Å². The van der Waals surface area contributed by atoms with E-state index in [2.05, 4.69) is 19.2 Å². The van der Waals surface area contributed by atoms with Crippen LogP contribution in [0.15, 0.2) is 30.3 Å². The van der Waals surface area contributed by atoms with Crippen molar-refractivity contribution in [2.45, 2.75) is 1.61 Å². The third-order valence-corrected chi connectivity index (χ3v) is 2.37. The van der Waals surface area contributed by atoms with Crippen molar-refractivity contribution in [3.8, 4) is 0 Å². The molecule has 0 spiro atoms. The van der Waals surface area contributed by atoms with Crippen LogP contribution in [0.25, 0.3) is 0 Å². The molecule has 0 bridgehead atoms. The number of hydrogen-bond donors (Lipinski definition) is 1. The standard InChI is InChI=1S/C7H6I2O.HI.Ti/c8-7(9,10)6-4-2-1-3-5-6;;/h1-5,10H;1H;/q;;+1/p-1. The first-order chi connectivity index (χ1) is 5.61. The van der Waals surface area contributed by atoms with Crippen molar-refractivity contribution < 1.29 is 21.8 Å². The zero-order valence-corrected chi connectivity index (χ0v) is 14.0. The van der Waals surface area contributed by atoms with Crippen LogP contribution in [0.1, 0.15) is 5.56 Å². The van der Waals surface area contributed by atoms with Crippen molar-refractivity contribution in [2.24, 2.45) is 0 Å². The molecule has 0 heterocycles. The molecule has 0 aromatic heterocycles. The van der Waals surface area contributed by atoms with Crippen LogP contribution < -0.4 is 0 Å². The third kappa shape index (κ3) is 5.74. The Morgan fingerprint density at radius 1 is 1.08 bits per heavy atom. The fraction of sp³-hybridized carbons (Fsp3) is 0.143. The normalized spacial score (nSPS) is 9.92. The van der Waals surface area contributed by atoms with Crippen LogP contribution in [0, 0.1) is 0 Å². The van der Waals surface area contributed by atoms with Gasteiger partial charge in [0.15, 0.2) is 1.61 Å². The van der Waals surface area contributed by atoms with Crippen molar-refractivity contribution in [3.63, 3.8) is 0 Å². The quantitative estimate of drug-likeness (QED) is 0.332. The second kappa shape index (κ2) is 7.39. The Hall–Kier alpha value is 2.08. The van der Waals surface area contributed by atoms with Crippen LogP contribution in [-0.4, -0.2) is 5.11 Å². The van der Waals surface area contributed by atoms with Gasteiger partial charge >= 0.3 is 35.9 Å². The molecule has 1 nitrogen and oxygen atoms in total. The van der Waals surface area contributed by atoms with E-state index in [0.717, 1.165) is 5.56 Å². The van der Waals surface area contributed by atoms with E-state index in [-0.39, 0.29) is 0 Å². The van der Waals surface area contributed by atoms with Crippen LogP contribution in [0.5, 0.6) is 0 Å². The minimum absolute atomic E-state index is 0.767. The average molecular weight is 535 g/mol. The zero-order valence-electron chi connectivity index (χ0n) is 5.97. The summed E-state index contributed by atoms with van der Waals surface area (Å²) in [5.41, 5.74) is 0.927. The van der Waals surface area contributed by atoms with E-state index < -0.39 is 1.61 Å². The second-order valence-electron chi connectivity index (χ2n) is 1.91. The summed E-state index contributed by atoms with van der Waals surface area (Å²) in [6, 6.07) is 9.57. The monoisotopic (exact) mass is 535 g/mol. The molecule has 1 aromatic rings. The molecule has 1 aromatic carbocycles. The molecule has 0 aliphatic rings. The number of alkyl halides is 2. The van der Waals surface area contributed by atoms with Crippen molar-refractivity contribution in [2.75, 3.05) is 0 Å². The molecule has 0 aliphatic carbocycles. The van der Waals surface area contributed by atoms with Crippen LogP contribution in [0.4, 0.5) is 0 Å². The van der Waals surface area contributed by atoms with Crippen LogP contribution in [-0.2, 0) is 18.3 Å². The molecule has 0 fully saturated rings. The summed E-state index contributed by atoms with van der Waals surface area (Å²) >= 11 is 8.09. The summed E-state index contributed by atoms with van der Waals surface area (Å²) in [4.78, 5) is 0. The molecule has 0 aliphatic heterocycles. The molecular weight excluding hydrogens is 529 g/mol. The minimum atomic E-state index is -0.767. The van der Waals surface area contributed by atoms with Gasteiger partial charge in [-0.3, -0.25) is 0 Å². The summed E-state index contributed by atoms with van der Waals surface area (Å²) in [5, 5.41) is 9.46. The van der Waals surface area contributed by atoms with Gasteiger partial charge in [0.2, 0.25) is 0 Å². The molecule has 12 heavy (non-hydrogen) atoms. The van der Waals surface area contributed by atoms with Gasteiger partial charge in [0.25, 0.3) is 0 Å². The topological polar surface area (TPSA) is 20.2 Å². The predicted molar refractivity (Wildman–Crippen MR) is 72.4 cm³/mol. The second-order valence-corrected chi connectivity index (χ2v) is 7.09. The fourth-order valence-corrected chi connectivity index (χ4v) is 1.36. The summed E-state index contributed by atoms with van der Waals surface area (Å²) in [6.07, 6.45) is 0. The van der Waals surface area contributed by atoms with Gasteiger partial charge in [-0.15, -0.1) is 0 Å². The first kappa shape index (κ1) is 14.1. The van der Waals surface area contributed by atoms with Crippen molar-refractivity contribution in [1.29, 1.82) is 0 Å². The van der Waals surface area contributed by atoms with Crippen LogP contribution in [0.2, 0.25) is 0 Å². The molecule has 0 unspecified atom stereocenters. The Labute approximate surface area is 121 Å². The molecule has 1 N–H and O–H groups in total. The zero-order chi connectivity index (χ0) is 9.61. The summed E-state index contributed by atoms with van der Waals surface area (Å²) < 4.78 is -0.767. The van der Waals surface area contributed by atoms with E-state index in [4.69, 9.17) is 0 Å². The average Bonchev–Trinajstić information content (AvgIpc) is 2.08. The fourth-order valence-electron chi connectivity index (χ4n) is 0.639. The van der Waals surface area contributed by atoms with E-state index >= 15 is 0 Å². The molecule has 5 heteroatoms. The van der Waals surface area contributed by atoms with Gasteiger partial charge in [-0.2, -0.15) is 0 Å². The van der Waals surface area contributed by atoms with Gasteiger partial charge in [-0.1, -0.05) is 30.3 Å². The Morgan fingerprint density at radius 3 is 1.75 bits per heavy atom. The van der Waals surface area contributed by atoms with Crippen LogP contribution in [0.3, 0.4) is 0 Å². The first-order valence-electron chi connectivity index (χ1n) is 2.95. The van der Waals surface area contributed by atoms with Gasteiger partial charge < -0.3 is 5.11 Å². The van der Waals surface area contributed by atoms with Gasteiger partial charge in [-0.05, 0) is 45.2 Å². The van der Waals surface area contributed by atoms with Crippen molar-refractivity contribution in [3.05, 3.63) is 35.9 Å². The number of aliphatic hydroxyl groups is 1. The summed E-state index contributed by atoms with van der Waals surface area (Å²) in [5.74, 6) is 0. The number of halogens is 3. The predicted octanol–water partition coefficient (Wildman–Crippen LogP) is 3.54. The first-order valence-corrected chi connectivity index (χ1v) is 10.1. The molecule has 1 rings (SSSR count). The molecule has 0 amide bonds. The maximum absolute atomic E-state index is 9.46. The number of benzene rings is 1. The molecule has 0 atom stereocenters. The van der Waals surface area contributed by atoms with E-state index in [1.54, 1.807) is 0 Å². The van der Waals surface area contributed by atoms with Gasteiger partial charge in [0.1, 0.15) is 0 Å². The van der Waals surface area contributed by atoms with Gasteiger partial charge in [-0.25, -0.2) is 0 Å². The Bertz CT molecular complexity index is 210. The van der Waals surface area contributed by atoms with E-state index in [0.29, 0.717) is 0 Å².